The molecule has 5 nitrogen and oxygen atoms in total. The minimum absolute atomic E-state index is 0.178. The van der Waals surface area contributed by atoms with Crippen molar-refractivity contribution in [3.8, 4) is 0 Å². The van der Waals surface area contributed by atoms with Crippen molar-refractivity contribution in [3.05, 3.63) is 23.8 Å². The molecule has 0 radical (unpaired) electrons. The molecule has 2 rings (SSSR count). The Kier molecular flexibility index (Phi) is 4.49. The summed E-state index contributed by atoms with van der Waals surface area (Å²) < 4.78 is 0. The van der Waals surface area contributed by atoms with E-state index >= 15 is 0 Å². The first-order valence-electron chi connectivity index (χ1n) is 7.00. The lowest BCUT2D eigenvalue weighted by atomic mass is 9.96. The summed E-state index contributed by atoms with van der Waals surface area (Å²) in [6, 6.07) is 5.22. The Bertz CT molecular complexity index is 482. The second kappa shape index (κ2) is 6.13. The van der Waals surface area contributed by atoms with E-state index in [1.54, 1.807) is 12.1 Å². The lowest BCUT2D eigenvalue weighted by Crippen LogP contribution is -2.35. The molecule has 110 valence electrons. The van der Waals surface area contributed by atoms with Crippen molar-refractivity contribution in [2.75, 3.05) is 44.4 Å². The molecule has 20 heavy (non-hydrogen) atoms. The average molecular weight is 277 g/mol. The summed E-state index contributed by atoms with van der Waals surface area (Å²) in [5, 5.41) is 9.12. The average Bonchev–Trinajstić information content (AvgIpc) is 2.41. The normalized spacial score (nSPS) is 17.1. The number of carboxylic acid groups (broad SMARTS) is 1. The minimum atomic E-state index is -0.975. The number of aromatic carboxylic acids is 1. The van der Waals surface area contributed by atoms with Crippen molar-refractivity contribution in [2.45, 2.75) is 12.8 Å². The third-order valence-electron chi connectivity index (χ3n) is 4.08. The van der Waals surface area contributed by atoms with Crippen LogP contribution in [-0.4, -0.2) is 49.7 Å². The SMILES string of the molecule is CN1CCC(CN(C)c2ccc(N)c(C(=O)O)c2)CC1. The van der Waals surface area contributed by atoms with E-state index in [9.17, 15) is 4.79 Å². The third kappa shape index (κ3) is 3.42. The maximum absolute atomic E-state index is 11.1. The topological polar surface area (TPSA) is 69.8 Å². The fourth-order valence-corrected chi connectivity index (χ4v) is 2.70. The Hall–Kier alpha value is -1.75. The van der Waals surface area contributed by atoms with E-state index < -0.39 is 5.97 Å². The summed E-state index contributed by atoms with van der Waals surface area (Å²) >= 11 is 0. The highest BCUT2D eigenvalue weighted by molar-refractivity contribution is 5.94. The molecule has 5 heteroatoms. The number of nitrogen functional groups attached to an aromatic ring is 1. The molecule has 0 atom stereocenters. The summed E-state index contributed by atoms with van der Waals surface area (Å²) in [6.45, 7) is 3.23. The lowest BCUT2D eigenvalue weighted by molar-refractivity contribution is 0.0698. The standard InChI is InChI=1S/C15H23N3O2/c1-17-7-5-11(6-8-17)10-18(2)12-3-4-14(16)13(9-12)15(19)20/h3-4,9,11H,5-8,10,16H2,1-2H3,(H,19,20). The summed E-state index contributed by atoms with van der Waals surface area (Å²) in [5.74, 6) is -0.306. The van der Waals surface area contributed by atoms with Crippen LogP contribution in [0.15, 0.2) is 18.2 Å². The molecule has 0 unspecified atom stereocenters. The third-order valence-corrected chi connectivity index (χ3v) is 4.08. The molecular weight excluding hydrogens is 254 g/mol. The van der Waals surface area contributed by atoms with Crippen LogP contribution in [0.4, 0.5) is 11.4 Å². The number of benzene rings is 1. The number of likely N-dealkylation sites (tertiary alicyclic amines) is 1. The van der Waals surface area contributed by atoms with Gasteiger partial charge in [-0.2, -0.15) is 0 Å². The Morgan fingerprint density at radius 3 is 2.70 bits per heavy atom. The Morgan fingerprint density at radius 2 is 2.10 bits per heavy atom. The van der Waals surface area contributed by atoms with E-state index in [0.29, 0.717) is 11.6 Å². The van der Waals surface area contributed by atoms with Crippen LogP contribution < -0.4 is 10.6 Å². The van der Waals surface area contributed by atoms with Crippen LogP contribution in [0.1, 0.15) is 23.2 Å². The van der Waals surface area contributed by atoms with Gasteiger partial charge in [0.15, 0.2) is 0 Å². The van der Waals surface area contributed by atoms with Gasteiger partial charge in [0.25, 0.3) is 0 Å². The van der Waals surface area contributed by atoms with Crippen molar-refractivity contribution >= 4 is 17.3 Å². The van der Waals surface area contributed by atoms with Crippen LogP contribution >= 0.6 is 0 Å². The number of hydrogen-bond acceptors (Lipinski definition) is 4. The summed E-state index contributed by atoms with van der Waals surface area (Å²) in [5.41, 5.74) is 7.09. The van der Waals surface area contributed by atoms with E-state index in [-0.39, 0.29) is 5.56 Å². The van der Waals surface area contributed by atoms with Crippen molar-refractivity contribution in [1.29, 1.82) is 0 Å². The molecule has 1 saturated heterocycles. The highest BCUT2D eigenvalue weighted by Crippen LogP contribution is 2.23. The van der Waals surface area contributed by atoms with Crippen molar-refractivity contribution in [3.63, 3.8) is 0 Å². The van der Waals surface area contributed by atoms with Gasteiger partial charge in [-0.15, -0.1) is 0 Å². The van der Waals surface area contributed by atoms with Crippen molar-refractivity contribution < 1.29 is 9.90 Å². The molecule has 0 bridgehead atoms. The zero-order valence-electron chi connectivity index (χ0n) is 12.2. The van der Waals surface area contributed by atoms with Gasteiger partial charge in [0.2, 0.25) is 0 Å². The van der Waals surface area contributed by atoms with E-state index in [2.05, 4.69) is 16.8 Å². The smallest absolute Gasteiger partial charge is 0.337 e. The van der Waals surface area contributed by atoms with Gasteiger partial charge in [0.1, 0.15) is 0 Å². The molecule has 3 N–H and O–H groups in total. The Labute approximate surface area is 120 Å². The van der Waals surface area contributed by atoms with Gasteiger partial charge in [-0.3, -0.25) is 0 Å². The molecule has 1 aliphatic heterocycles. The van der Waals surface area contributed by atoms with Gasteiger partial charge < -0.3 is 20.6 Å². The fraction of sp³-hybridized carbons (Fsp3) is 0.533. The Balaban J connectivity index is 2.03. The quantitative estimate of drug-likeness (QED) is 0.820. The molecule has 0 saturated carbocycles. The van der Waals surface area contributed by atoms with E-state index in [1.165, 1.54) is 12.8 Å². The summed E-state index contributed by atoms with van der Waals surface area (Å²) in [4.78, 5) is 15.6. The number of carbonyl (C=O) groups is 1. The fourth-order valence-electron chi connectivity index (χ4n) is 2.70. The zero-order valence-corrected chi connectivity index (χ0v) is 12.2. The van der Waals surface area contributed by atoms with Crippen LogP contribution in [0.3, 0.4) is 0 Å². The maximum atomic E-state index is 11.1. The van der Waals surface area contributed by atoms with Gasteiger partial charge in [-0.25, -0.2) is 4.79 Å². The van der Waals surface area contributed by atoms with E-state index in [0.717, 1.165) is 25.3 Å². The first kappa shape index (κ1) is 14.7. The number of anilines is 2. The minimum Gasteiger partial charge on any atom is -0.478 e. The van der Waals surface area contributed by atoms with Crippen LogP contribution in [0.5, 0.6) is 0 Å². The van der Waals surface area contributed by atoms with E-state index in [1.807, 2.05) is 13.1 Å². The van der Waals surface area contributed by atoms with E-state index in [4.69, 9.17) is 10.8 Å². The number of hydrogen-bond donors (Lipinski definition) is 2. The van der Waals surface area contributed by atoms with Crippen LogP contribution in [0.25, 0.3) is 0 Å². The van der Waals surface area contributed by atoms with Gasteiger partial charge in [-0.05, 0) is 57.1 Å². The molecule has 1 aromatic rings. The number of piperidine rings is 1. The number of carboxylic acids is 1. The van der Waals surface area contributed by atoms with Gasteiger partial charge in [0.05, 0.1) is 5.56 Å². The summed E-state index contributed by atoms with van der Waals surface area (Å²) in [7, 11) is 4.16. The molecule has 1 aromatic carbocycles. The molecule has 0 aliphatic carbocycles. The Morgan fingerprint density at radius 1 is 1.45 bits per heavy atom. The zero-order chi connectivity index (χ0) is 14.7. The van der Waals surface area contributed by atoms with Crippen molar-refractivity contribution in [1.82, 2.24) is 4.90 Å². The number of nitrogens with zero attached hydrogens (tertiary/aromatic N) is 2. The molecule has 1 fully saturated rings. The molecule has 1 aliphatic rings. The number of nitrogens with two attached hydrogens (primary N) is 1. The maximum Gasteiger partial charge on any atom is 0.337 e. The first-order chi connectivity index (χ1) is 9.47. The molecule has 0 spiro atoms. The first-order valence-corrected chi connectivity index (χ1v) is 7.00. The van der Waals surface area contributed by atoms with Gasteiger partial charge >= 0.3 is 5.97 Å². The predicted octanol–water partition coefficient (Wildman–Crippen LogP) is 1.75. The molecular formula is C15H23N3O2. The molecule has 0 aromatic heterocycles. The summed E-state index contributed by atoms with van der Waals surface area (Å²) in [6.07, 6.45) is 2.39. The van der Waals surface area contributed by atoms with Gasteiger partial charge in [-0.1, -0.05) is 0 Å². The highest BCUT2D eigenvalue weighted by Gasteiger charge is 2.19. The second-order valence-corrected chi connectivity index (χ2v) is 5.70. The number of rotatable bonds is 4. The van der Waals surface area contributed by atoms with Crippen LogP contribution in [0.2, 0.25) is 0 Å². The second-order valence-electron chi connectivity index (χ2n) is 5.70. The van der Waals surface area contributed by atoms with Crippen LogP contribution in [0, 0.1) is 5.92 Å². The molecule has 0 amide bonds. The lowest BCUT2D eigenvalue weighted by Gasteiger charge is -2.32. The molecule has 1 heterocycles. The highest BCUT2D eigenvalue weighted by atomic mass is 16.4. The van der Waals surface area contributed by atoms with Crippen LogP contribution in [-0.2, 0) is 0 Å². The largest absolute Gasteiger partial charge is 0.478 e. The predicted molar refractivity (Wildman–Crippen MR) is 81.3 cm³/mol. The van der Waals surface area contributed by atoms with Crippen molar-refractivity contribution in [2.24, 2.45) is 5.92 Å². The van der Waals surface area contributed by atoms with Gasteiger partial charge in [0, 0.05) is 25.0 Å². The monoisotopic (exact) mass is 277 g/mol.